The lowest BCUT2D eigenvalue weighted by Gasteiger charge is -2.08. The summed E-state index contributed by atoms with van der Waals surface area (Å²) in [5.74, 6) is -0.540. The first kappa shape index (κ1) is 17.8. The van der Waals surface area contributed by atoms with Crippen LogP contribution in [-0.4, -0.2) is 20.9 Å². The van der Waals surface area contributed by atoms with Gasteiger partial charge in [-0.05, 0) is 38.1 Å². The molecule has 0 aliphatic rings. The molecule has 8 heteroatoms. The molecule has 0 spiro atoms. The van der Waals surface area contributed by atoms with E-state index in [1.54, 1.807) is 18.2 Å². The first-order valence-electron chi connectivity index (χ1n) is 7.70. The van der Waals surface area contributed by atoms with Gasteiger partial charge in [0.25, 0.3) is 5.69 Å². The number of benzene rings is 2. The molecule has 0 bridgehead atoms. The lowest BCUT2D eigenvalue weighted by atomic mass is 10.2. The summed E-state index contributed by atoms with van der Waals surface area (Å²) in [7, 11) is 0. The Morgan fingerprint density at radius 1 is 1.12 bits per heavy atom. The number of non-ortho nitro benzene ring substituents is 1. The Balaban J connectivity index is 1.77. The third-order valence-corrected chi connectivity index (χ3v) is 4.27. The van der Waals surface area contributed by atoms with Gasteiger partial charge in [-0.2, -0.15) is 0 Å². The van der Waals surface area contributed by atoms with Crippen molar-refractivity contribution in [1.29, 1.82) is 0 Å². The van der Waals surface area contributed by atoms with Crippen molar-refractivity contribution < 1.29 is 14.5 Å². The van der Waals surface area contributed by atoms with Crippen LogP contribution in [0.15, 0.2) is 36.4 Å². The minimum atomic E-state index is -0.540. The monoisotopic (exact) mass is 371 g/mol. The molecule has 0 atom stereocenters. The average molecular weight is 372 g/mol. The highest BCUT2D eigenvalue weighted by molar-refractivity contribution is 6.31. The molecule has 1 heterocycles. The summed E-state index contributed by atoms with van der Waals surface area (Å²) < 4.78 is 5.26. The molecule has 1 aromatic heterocycles. The number of aryl methyl sites for hydroxylation is 2. The molecular formula is C18H14ClN3O4. The summed E-state index contributed by atoms with van der Waals surface area (Å²) in [4.78, 5) is 31.3. The second-order valence-corrected chi connectivity index (χ2v) is 6.11. The molecule has 3 aromatic rings. The summed E-state index contributed by atoms with van der Waals surface area (Å²) >= 11 is 6.00. The predicted molar refractivity (Wildman–Crippen MR) is 96.2 cm³/mol. The Morgan fingerprint density at radius 2 is 1.81 bits per heavy atom. The number of rotatable bonds is 4. The van der Waals surface area contributed by atoms with Crippen molar-refractivity contribution in [3.63, 3.8) is 0 Å². The number of halogens is 1. The maximum absolute atomic E-state index is 12.3. The molecule has 2 aromatic carbocycles. The summed E-state index contributed by atoms with van der Waals surface area (Å²) in [6.45, 7) is 3.63. The van der Waals surface area contributed by atoms with Gasteiger partial charge in [0, 0.05) is 17.7 Å². The van der Waals surface area contributed by atoms with E-state index in [1.165, 1.54) is 18.2 Å². The molecule has 0 amide bonds. The molecule has 0 radical (unpaired) electrons. The number of nitro groups is 1. The highest BCUT2D eigenvalue weighted by Crippen LogP contribution is 2.23. The average Bonchev–Trinajstić information content (AvgIpc) is 2.60. The number of hydrogen-bond acceptors (Lipinski definition) is 6. The van der Waals surface area contributed by atoms with Crippen LogP contribution in [0.2, 0.25) is 5.02 Å². The van der Waals surface area contributed by atoms with Crippen molar-refractivity contribution in [3.05, 3.63) is 74.0 Å². The van der Waals surface area contributed by atoms with Crippen molar-refractivity contribution in [2.75, 3.05) is 0 Å². The SMILES string of the molecule is Cc1nc2ccc(C(=O)OCc3ccc([N+](=O)[O-])cc3Cl)cc2nc1C. The highest BCUT2D eigenvalue weighted by Gasteiger charge is 2.13. The molecule has 3 rings (SSSR count). The lowest BCUT2D eigenvalue weighted by molar-refractivity contribution is -0.384. The number of ether oxygens (including phenoxy) is 1. The molecule has 0 aliphatic carbocycles. The van der Waals surface area contributed by atoms with Crippen molar-refractivity contribution in [1.82, 2.24) is 9.97 Å². The maximum atomic E-state index is 12.3. The minimum absolute atomic E-state index is 0.0910. The zero-order valence-electron chi connectivity index (χ0n) is 14.0. The van der Waals surface area contributed by atoms with Crippen LogP contribution < -0.4 is 0 Å². The van der Waals surface area contributed by atoms with Gasteiger partial charge in [-0.25, -0.2) is 14.8 Å². The molecule has 0 saturated carbocycles. The zero-order valence-corrected chi connectivity index (χ0v) is 14.8. The molecule has 0 fully saturated rings. The van der Waals surface area contributed by atoms with Crippen LogP contribution in [-0.2, 0) is 11.3 Å². The predicted octanol–water partition coefficient (Wildman–Crippen LogP) is 4.17. The normalized spacial score (nSPS) is 10.7. The molecule has 0 aliphatic heterocycles. The molecule has 7 nitrogen and oxygen atoms in total. The Morgan fingerprint density at radius 3 is 2.46 bits per heavy atom. The fraction of sp³-hybridized carbons (Fsp3) is 0.167. The molecule has 0 N–H and O–H groups in total. The number of esters is 1. The van der Waals surface area contributed by atoms with Gasteiger partial charge in [0.15, 0.2) is 0 Å². The Hall–Kier alpha value is -3.06. The topological polar surface area (TPSA) is 95.2 Å². The van der Waals surface area contributed by atoms with Gasteiger partial charge in [-0.15, -0.1) is 0 Å². The highest BCUT2D eigenvalue weighted by atomic mass is 35.5. The molecular weight excluding hydrogens is 358 g/mol. The van der Waals surface area contributed by atoms with Crippen LogP contribution >= 0.6 is 11.6 Å². The van der Waals surface area contributed by atoms with Crippen molar-refractivity contribution in [3.8, 4) is 0 Å². The van der Waals surface area contributed by atoms with E-state index in [0.29, 0.717) is 22.2 Å². The standard InChI is InChI=1S/C18H14ClN3O4/c1-10-11(2)21-17-7-12(4-6-16(17)20-10)18(23)26-9-13-3-5-14(22(24)25)8-15(13)19/h3-8H,9H2,1-2H3. The van der Waals surface area contributed by atoms with E-state index in [-0.39, 0.29) is 17.3 Å². The fourth-order valence-electron chi connectivity index (χ4n) is 2.35. The van der Waals surface area contributed by atoms with E-state index in [9.17, 15) is 14.9 Å². The van der Waals surface area contributed by atoms with Gasteiger partial charge in [-0.1, -0.05) is 11.6 Å². The maximum Gasteiger partial charge on any atom is 0.338 e. The lowest BCUT2D eigenvalue weighted by Crippen LogP contribution is -2.06. The van der Waals surface area contributed by atoms with Crippen LogP contribution in [0.1, 0.15) is 27.3 Å². The Labute approximate surface area is 153 Å². The van der Waals surface area contributed by atoms with Gasteiger partial charge in [0.2, 0.25) is 0 Å². The number of nitro benzene ring substituents is 1. The summed E-state index contributed by atoms with van der Waals surface area (Å²) in [6.07, 6.45) is 0. The molecule has 132 valence electrons. The molecule has 0 unspecified atom stereocenters. The van der Waals surface area contributed by atoms with Gasteiger partial charge < -0.3 is 4.74 Å². The van der Waals surface area contributed by atoms with Gasteiger partial charge in [0.1, 0.15) is 6.61 Å². The van der Waals surface area contributed by atoms with E-state index < -0.39 is 10.9 Å². The van der Waals surface area contributed by atoms with E-state index in [2.05, 4.69) is 9.97 Å². The second-order valence-electron chi connectivity index (χ2n) is 5.71. The largest absolute Gasteiger partial charge is 0.457 e. The summed E-state index contributed by atoms with van der Waals surface area (Å²) in [6, 6.07) is 8.95. The van der Waals surface area contributed by atoms with Crippen LogP contribution in [0.3, 0.4) is 0 Å². The first-order chi connectivity index (χ1) is 12.3. The molecule has 26 heavy (non-hydrogen) atoms. The van der Waals surface area contributed by atoms with Crippen molar-refractivity contribution in [2.24, 2.45) is 0 Å². The van der Waals surface area contributed by atoms with Gasteiger partial charge in [-0.3, -0.25) is 10.1 Å². The number of carbonyl (C=O) groups is 1. The van der Waals surface area contributed by atoms with E-state index in [0.717, 1.165) is 11.4 Å². The number of hydrogen-bond donors (Lipinski definition) is 0. The third-order valence-electron chi connectivity index (χ3n) is 3.92. The number of fused-ring (bicyclic) bond motifs is 1. The molecule has 0 saturated heterocycles. The second kappa shape index (κ2) is 7.05. The number of aromatic nitrogens is 2. The smallest absolute Gasteiger partial charge is 0.338 e. The van der Waals surface area contributed by atoms with Crippen LogP contribution in [0.4, 0.5) is 5.69 Å². The van der Waals surface area contributed by atoms with Gasteiger partial charge in [0.05, 0.1) is 37.9 Å². The van der Waals surface area contributed by atoms with Crippen LogP contribution in [0.25, 0.3) is 11.0 Å². The minimum Gasteiger partial charge on any atom is -0.457 e. The fourth-order valence-corrected chi connectivity index (χ4v) is 2.58. The van der Waals surface area contributed by atoms with E-state index in [4.69, 9.17) is 16.3 Å². The van der Waals surface area contributed by atoms with Crippen LogP contribution in [0, 0.1) is 24.0 Å². The van der Waals surface area contributed by atoms with Crippen molar-refractivity contribution >= 4 is 34.3 Å². The Kier molecular flexibility index (Phi) is 4.81. The van der Waals surface area contributed by atoms with Crippen molar-refractivity contribution in [2.45, 2.75) is 20.5 Å². The summed E-state index contributed by atoms with van der Waals surface area (Å²) in [5.41, 5.74) is 3.63. The van der Waals surface area contributed by atoms with E-state index >= 15 is 0 Å². The van der Waals surface area contributed by atoms with Gasteiger partial charge >= 0.3 is 5.97 Å². The Bertz CT molecular complexity index is 1040. The third kappa shape index (κ3) is 3.62. The van der Waals surface area contributed by atoms with E-state index in [1.807, 2.05) is 13.8 Å². The quantitative estimate of drug-likeness (QED) is 0.388. The number of nitrogens with zero attached hydrogens (tertiary/aromatic N) is 3. The first-order valence-corrected chi connectivity index (χ1v) is 8.08. The zero-order chi connectivity index (χ0) is 18.8. The summed E-state index contributed by atoms with van der Waals surface area (Å²) in [5, 5.41) is 10.9. The number of carbonyl (C=O) groups excluding carboxylic acids is 1. The van der Waals surface area contributed by atoms with Crippen LogP contribution in [0.5, 0.6) is 0 Å².